The van der Waals surface area contributed by atoms with E-state index in [9.17, 15) is 4.79 Å². The number of carbonyl (C=O) groups excluding carboxylic acids is 1. The monoisotopic (exact) mass is 202 g/mol. The molecule has 0 saturated carbocycles. The van der Waals surface area contributed by atoms with Crippen LogP contribution in [0.25, 0.3) is 0 Å². The van der Waals surface area contributed by atoms with Gasteiger partial charge in [0.2, 0.25) is 0 Å². The quantitative estimate of drug-likeness (QED) is 0.504. The van der Waals surface area contributed by atoms with Crippen molar-refractivity contribution >= 4 is 5.97 Å². The summed E-state index contributed by atoms with van der Waals surface area (Å²) in [6.07, 6.45) is 0.0106. The first-order valence-electron chi connectivity index (χ1n) is 4.90. The van der Waals surface area contributed by atoms with Gasteiger partial charge in [-0.1, -0.05) is 0 Å². The minimum absolute atomic E-state index is 0.0106. The fourth-order valence-electron chi connectivity index (χ4n) is 1.37. The number of rotatable bonds is 4. The van der Waals surface area contributed by atoms with Gasteiger partial charge in [0, 0.05) is 33.1 Å². The van der Waals surface area contributed by atoms with Gasteiger partial charge in [0.05, 0.1) is 0 Å². The van der Waals surface area contributed by atoms with E-state index in [1.807, 2.05) is 6.92 Å². The number of esters is 1. The lowest BCUT2D eigenvalue weighted by Gasteiger charge is -2.32. The summed E-state index contributed by atoms with van der Waals surface area (Å²) < 4.78 is 10.0. The van der Waals surface area contributed by atoms with Crippen molar-refractivity contribution in [3.8, 4) is 0 Å². The summed E-state index contributed by atoms with van der Waals surface area (Å²) >= 11 is 0. The molecule has 1 heterocycles. The van der Waals surface area contributed by atoms with Gasteiger partial charge in [-0.05, 0) is 6.92 Å². The maximum absolute atomic E-state index is 10.5. The molecule has 1 N–H and O–H groups in total. The Balaban J connectivity index is 2.13. The van der Waals surface area contributed by atoms with Crippen LogP contribution in [0.15, 0.2) is 0 Å². The summed E-state index contributed by atoms with van der Waals surface area (Å²) in [6, 6.07) is 0. The van der Waals surface area contributed by atoms with Crippen LogP contribution in [-0.2, 0) is 14.3 Å². The van der Waals surface area contributed by atoms with Gasteiger partial charge in [0.15, 0.2) is 6.79 Å². The normalized spacial score (nSPS) is 20.4. The first-order chi connectivity index (χ1) is 6.70. The third-order valence-electron chi connectivity index (χ3n) is 2.24. The molecule has 1 atom stereocenters. The Bertz CT molecular complexity index is 181. The van der Waals surface area contributed by atoms with Crippen LogP contribution in [0.3, 0.4) is 0 Å². The van der Waals surface area contributed by atoms with Gasteiger partial charge < -0.3 is 14.8 Å². The molecular formula is C9H18N2O3. The van der Waals surface area contributed by atoms with Crippen LogP contribution >= 0.6 is 0 Å². The molecule has 0 aromatic carbocycles. The van der Waals surface area contributed by atoms with Crippen molar-refractivity contribution < 1.29 is 14.3 Å². The fraction of sp³-hybridized carbons (Fsp3) is 0.889. The molecule has 1 fully saturated rings. The number of piperazine rings is 1. The topological polar surface area (TPSA) is 50.8 Å². The van der Waals surface area contributed by atoms with E-state index in [2.05, 4.69) is 10.2 Å². The number of ether oxygens (including phenoxy) is 2. The molecule has 1 rings (SSSR count). The number of hydrogen-bond acceptors (Lipinski definition) is 5. The van der Waals surface area contributed by atoms with E-state index >= 15 is 0 Å². The first-order valence-corrected chi connectivity index (χ1v) is 4.90. The molecule has 0 bridgehead atoms. The third-order valence-corrected chi connectivity index (χ3v) is 2.24. The Hall–Kier alpha value is -0.650. The van der Waals surface area contributed by atoms with Crippen molar-refractivity contribution in [1.82, 2.24) is 10.2 Å². The predicted octanol–water partition coefficient (Wildman–Crippen LogP) is -0.225. The zero-order chi connectivity index (χ0) is 10.4. The van der Waals surface area contributed by atoms with Gasteiger partial charge in [-0.15, -0.1) is 0 Å². The van der Waals surface area contributed by atoms with Crippen LogP contribution in [-0.4, -0.2) is 50.1 Å². The Morgan fingerprint density at radius 3 is 2.71 bits per heavy atom. The van der Waals surface area contributed by atoms with Crippen molar-refractivity contribution in [2.45, 2.75) is 20.1 Å². The fourth-order valence-corrected chi connectivity index (χ4v) is 1.37. The van der Waals surface area contributed by atoms with Crippen molar-refractivity contribution in [2.24, 2.45) is 0 Å². The largest absolute Gasteiger partial charge is 0.439 e. The van der Waals surface area contributed by atoms with Gasteiger partial charge in [-0.2, -0.15) is 0 Å². The van der Waals surface area contributed by atoms with Gasteiger partial charge in [-0.3, -0.25) is 9.69 Å². The number of nitrogens with zero attached hydrogens (tertiary/aromatic N) is 1. The van der Waals surface area contributed by atoms with E-state index in [4.69, 9.17) is 9.47 Å². The van der Waals surface area contributed by atoms with Gasteiger partial charge in [0.1, 0.15) is 6.23 Å². The van der Waals surface area contributed by atoms with Gasteiger partial charge in [-0.25, -0.2) is 0 Å². The average molecular weight is 202 g/mol. The second-order valence-corrected chi connectivity index (χ2v) is 3.31. The first kappa shape index (κ1) is 11.4. The van der Waals surface area contributed by atoms with Crippen molar-refractivity contribution in [2.75, 3.05) is 33.0 Å². The molecule has 0 spiro atoms. The van der Waals surface area contributed by atoms with E-state index in [-0.39, 0.29) is 19.0 Å². The minimum atomic E-state index is -0.308. The highest BCUT2D eigenvalue weighted by molar-refractivity contribution is 5.65. The second kappa shape index (κ2) is 5.95. The van der Waals surface area contributed by atoms with Crippen LogP contribution in [0, 0.1) is 0 Å². The van der Waals surface area contributed by atoms with Crippen LogP contribution in [0.5, 0.6) is 0 Å². The number of hydrogen-bond donors (Lipinski definition) is 1. The van der Waals surface area contributed by atoms with Crippen molar-refractivity contribution in [3.05, 3.63) is 0 Å². The molecule has 0 aromatic rings. The lowest BCUT2D eigenvalue weighted by atomic mass is 10.3. The lowest BCUT2D eigenvalue weighted by molar-refractivity contribution is -0.168. The van der Waals surface area contributed by atoms with E-state index in [0.717, 1.165) is 26.2 Å². The zero-order valence-corrected chi connectivity index (χ0v) is 8.78. The van der Waals surface area contributed by atoms with Crippen LogP contribution in [0.4, 0.5) is 0 Å². The van der Waals surface area contributed by atoms with E-state index in [1.165, 1.54) is 6.92 Å². The predicted molar refractivity (Wildman–Crippen MR) is 51.6 cm³/mol. The average Bonchev–Trinajstić information content (AvgIpc) is 2.18. The number of nitrogens with one attached hydrogen (secondary N) is 1. The Morgan fingerprint density at radius 2 is 2.14 bits per heavy atom. The highest BCUT2D eigenvalue weighted by atomic mass is 16.7. The lowest BCUT2D eigenvalue weighted by Crippen LogP contribution is -2.48. The molecule has 1 aliphatic rings. The molecule has 0 aromatic heterocycles. The third kappa shape index (κ3) is 4.04. The Labute approximate surface area is 84.4 Å². The highest BCUT2D eigenvalue weighted by Crippen LogP contribution is 2.02. The molecule has 0 amide bonds. The summed E-state index contributed by atoms with van der Waals surface area (Å²) in [5, 5.41) is 3.26. The van der Waals surface area contributed by atoms with Crippen molar-refractivity contribution in [1.29, 1.82) is 0 Å². The molecule has 0 radical (unpaired) electrons. The molecule has 1 unspecified atom stereocenters. The minimum Gasteiger partial charge on any atom is -0.439 e. The Morgan fingerprint density at radius 1 is 1.50 bits per heavy atom. The summed E-state index contributed by atoms with van der Waals surface area (Å²) in [6.45, 7) is 7.30. The van der Waals surface area contributed by atoms with Gasteiger partial charge in [0.25, 0.3) is 0 Å². The standard InChI is InChI=1S/C9H18N2O3/c1-8(13-7-14-9(2)12)11-5-3-10-4-6-11/h8,10H,3-7H2,1-2H3. The van der Waals surface area contributed by atoms with Crippen LogP contribution in [0.2, 0.25) is 0 Å². The molecule has 82 valence electrons. The summed E-state index contributed by atoms with van der Waals surface area (Å²) in [4.78, 5) is 12.7. The zero-order valence-electron chi connectivity index (χ0n) is 8.78. The Kier molecular flexibility index (Phi) is 4.86. The summed E-state index contributed by atoms with van der Waals surface area (Å²) in [7, 11) is 0. The van der Waals surface area contributed by atoms with Crippen LogP contribution < -0.4 is 5.32 Å². The summed E-state index contributed by atoms with van der Waals surface area (Å²) in [5.41, 5.74) is 0. The maximum Gasteiger partial charge on any atom is 0.304 e. The molecular weight excluding hydrogens is 184 g/mol. The molecule has 1 aliphatic heterocycles. The SMILES string of the molecule is CC(=O)OCOC(C)N1CCNCC1. The molecule has 1 saturated heterocycles. The van der Waals surface area contributed by atoms with Gasteiger partial charge >= 0.3 is 5.97 Å². The van der Waals surface area contributed by atoms with E-state index in [1.54, 1.807) is 0 Å². The van der Waals surface area contributed by atoms with Crippen LogP contribution in [0.1, 0.15) is 13.8 Å². The molecule has 5 heteroatoms. The van der Waals surface area contributed by atoms with E-state index < -0.39 is 0 Å². The number of carbonyl (C=O) groups is 1. The maximum atomic E-state index is 10.5. The van der Waals surface area contributed by atoms with Crippen molar-refractivity contribution in [3.63, 3.8) is 0 Å². The molecule has 5 nitrogen and oxygen atoms in total. The molecule has 14 heavy (non-hydrogen) atoms. The highest BCUT2D eigenvalue weighted by Gasteiger charge is 2.16. The summed E-state index contributed by atoms with van der Waals surface area (Å²) in [5.74, 6) is -0.308. The second-order valence-electron chi connectivity index (χ2n) is 3.31. The van der Waals surface area contributed by atoms with E-state index in [0.29, 0.717) is 0 Å². The smallest absolute Gasteiger partial charge is 0.304 e. The molecule has 0 aliphatic carbocycles.